The van der Waals surface area contributed by atoms with E-state index in [-0.39, 0.29) is 28.8 Å². The van der Waals surface area contributed by atoms with Gasteiger partial charge >= 0.3 is 0 Å². The number of nitrogens with zero attached hydrogens (tertiary/aromatic N) is 2. The van der Waals surface area contributed by atoms with Crippen molar-refractivity contribution >= 4 is 27.0 Å². The van der Waals surface area contributed by atoms with Gasteiger partial charge in [0.2, 0.25) is 5.82 Å². The van der Waals surface area contributed by atoms with E-state index >= 15 is 0 Å². The molecule has 5 nitrogen and oxygen atoms in total. The predicted octanol–water partition coefficient (Wildman–Crippen LogP) is 2.63. The van der Waals surface area contributed by atoms with Gasteiger partial charge in [0.1, 0.15) is 6.61 Å². The van der Waals surface area contributed by atoms with Gasteiger partial charge in [-0.25, -0.2) is 17.8 Å². The Kier molecular flexibility index (Phi) is 3.56. The van der Waals surface area contributed by atoms with Gasteiger partial charge in [0.15, 0.2) is 15.8 Å². The molecule has 1 aromatic heterocycles. The topological polar surface area (TPSA) is 59.5 Å². The number of anilines is 1. The molecule has 0 spiro atoms. The standard InChI is InChI=1S/C13H12F2N2O3S2/c1-7-13(21-8(2)16-7)22(18,19)17-5-6-20-12-10(17)4-3-9(14)11(12)15/h3-4H,5-6H2,1-2H3. The van der Waals surface area contributed by atoms with Crippen molar-refractivity contribution in [2.45, 2.75) is 18.1 Å². The summed E-state index contributed by atoms with van der Waals surface area (Å²) in [4.78, 5) is 4.11. The fraction of sp³-hybridized carbons (Fsp3) is 0.308. The van der Waals surface area contributed by atoms with Gasteiger partial charge in [-0.3, -0.25) is 4.31 Å². The summed E-state index contributed by atoms with van der Waals surface area (Å²) in [6.45, 7) is 3.28. The quantitative estimate of drug-likeness (QED) is 0.839. The highest BCUT2D eigenvalue weighted by atomic mass is 32.2. The highest BCUT2D eigenvalue weighted by Gasteiger charge is 2.34. The molecule has 1 aliphatic rings. The first-order chi connectivity index (χ1) is 10.3. The summed E-state index contributed by atoms with van der Waals surface area (Å²) in [7, 11) is -3.89. The molecule has 0 saturated carbocycles. The van der Waals surface area contributed by atoms with Crippen LogP contribution in [-0.2, 0) is 10.0 Å². The minimum Gasteiger partial charge on any atom is -0.486 e. The van der Waals surface area contributed by atoms with E-state index < -0.39 is 21.7 Å². The highest BCUT2D eigenvalue weighted by Crippen LogP contribution is 2.39. The van der Waals surface area contributed by atoms with E-state index in [9.17, 15) is 17.2 Å². The monoisotopic (exact) mass is 346 g/mol. The maximum absolute atomic E-state index is 13.8. The van der Waals surface area contributed by atoms with Crippen LogP contribution in [0.25, 0.3) is 0 Å². The fourth-order valence-electron chi connectivity index (χ4n) is 2.31. The van der Waals surface area contributed by atoms with Crippen LogP contribution < -0.4 is 9.04 Å². The summed E-state index contributed by atoms with van der Waals surface area (Å²) in [6, 6.07) is 2.09. The van der Waals surface area contributed by atoms with E-state index in [1.807, 2.05) is 0 Å². The number of halogens is 2. The number of benzene rings is 1. The third-order valence-corrected chi connectivity index (χ3v) is 6.70. The van der Waals surface area contributed by atoms with Gasteiger partial charge in [0.05, 0.1) is 22.9 Å². The summed E-state index contributed by atoms with van der Waals surface area (Å²) < 4.78 is 58.9. The second-order valence-corrected chi connectivity index (χ2v) is 8.00. The first kappa shape index (κ1) is 15.2. The summed E-state index contributed by atoms with van der Waals surface area (Å²) in [5.74, 6) is -2.65. The Morgan fingerprint density at radius 3 is 2.68 bits per heavy atom. The lowest BCUT2D eigenvalue weighted by atomic mass is 10.2. The molecule has 3 rings (SSSR count). The van der Waals surface area contributed by atoms with Gasteiger partial charge in [0, 0.05) is 0 Å². The Labute approximate surface area is 130 Å². The number of aryl methyl sites for hydroxylation is 2. The average molecular weight is 346 g/mol. The lowest BCUT2D eigenvalue weighted by Crippen LogP contribution is -2.38. The number of hydrogen-bond acceptors (Lipinski definition) is 5. The van der Waals surface area contributed by atoms with Gasteiger partial charge in [-0.15, -0.1) is 11.3 Å². The zero-order valence-corrected chi connectivity index (χ0v) is 13.4. The number of thiazole rings is 1. The van der Waals surface area contributed by atoms with Crippen LogP contribution in [0.2, 0.25) is 0 Å². The average Bonchev–Trinajstić information content (AvgIpc) is 2.82. The van der Waals surface area contributed by atoms with Gasteiger partial charge in [-0.2, -0.15) is 4.39 Å². The molecule has 0 atom stereocenters. The van der Waals surface area contributed by atoms with Crippen LogP contribution in [0.1, 0.15) is 10.7 Å². The van der Waals surface area contributed by atoms with Crippen LogP contribution in [0.15, 0.2) is 16.3 Å². The molecule has 1 aromatic carbocycles. The summed E-state index contributed by atoms with van der Waals surface area (Å²) >= 11 is 1.05. The molecular weight excluding hydrogens is 334 g/mol. The Balaban J connectivity index is 2.15. The normalized spacial score (nSPS) is 14.6. The fourth-order valence-corrected chi connectivity index (χ4v) is 5.34. The van der Waals surface area contributed by atoms with Gasteiger partial charge in [-0.1, -0.05) is 0 Å². The number of fused-ring (bicyclic) bond motifs is 1. The molecular formula is C13H12F2N2O3S2. The zero-order valence-electron chi connectivity index (χ0n) is 11.8. The van der Waals surface area contributed by atoms with Crippen LogP contribution in [-0.4, -0.2) is 26.6 Å². The third-order valence-electron chi connectivity index (χ3n) is 3.22. The number of aromatic nitrogens is 1. The smallest absolute Gasteiger partial charge is 0.275 e. The molecule has 0 saturated heterocycles. The summed E-state index contributed by atoms with van der Waals surface area (Å²) in [5.41, 5.74) is 0.383. The van der Waals surface area contributed by atoms with Gasteiger partial charge in [0.25, 0.3) is 10.0 Å². The van der Waals surface area contributed by atoms with E-state index in [0.29, 0.717) is 10.7 Å². The van der Waals surface area contributed by atoms with Crippen molar-refractivity contribution < 1.29 is 21.9 Å². The third kappa shape index (κ3) is 2.24. The van der Waals surface area contributed by atoms with Crippen LogP contribution >= 0.6 is 11.3 Å². The van der Waals surface area contributed by atoms with Crippen molar-refractivity contribution in [2.24, 2.45) is 0 Å². The van der Waals surface area contributed by atoms with Crippen molar-refractivity contribution in [3.05, 3.63) is 34.5 Å². The number of rotatable bonds is 2. The van der Waals surface area contributed by atoms with E-state index in [1.54, 1.807) is 13.8 Å². The summed E-state index contributed by atoms with van der Waals surface area (Å²) in [6.07, 6.45) is 0. The Morgan fingerprint density at radius 2 is 2.05 bits per heavy atom. The van der Waals surface area contributed by atoms with Crippen molar-refractivity contribution in [3.8, 4) is 5.75 Å². The number of hydrogen-bond donors (Lipinski definition) is 0. The Hall–Kier alpha value is -1.74. The molecule has 0 unspecified atom stereocenters. The van der Waals surface area contributed by atoms with Crippen LogP contribution in [0.4, 0.5) is 14.5 Å². The molecule has 9 heteroatoms. The highest BCUT2D eigenvalue weighted by molar-refractivity contribution is 7.94. The maximum Gasteiger partial charge on any atom is 0.275 e. The van der Waals surface area contributed by atoms with Crippen molar-refractivity contribution in [1.29, 1.82) is 0 Å². The maximum atomic E-state index is 13.8. The minimum absolute atomic E-state index is 0.00407. The number of sulfonamides is 1. The zero-order chi connectivity index (χ0) is 16.1. The molecule has 0 bridgehead atoms. The lowest BCUT2D eigenvalue weighted by molar-refractivity contribution is 0.293. The lowest BCUT2D eigenvalue weighted by Gasteiger charge is -2.30. The molecule has 118 valence electrons. The molecule has 0 fully saturated rings. The van der Waals surface area contributed by atoms with E-state index in [4.69, 9.17) is 4.74 Å². The van der Waals surface area contributed by atoms with E-state index in [0.717, 1.165) is 21.7 Å². The predicted molar refractivity (Wildman–Crippen MR) is 78.0 cm³/mol. The Bertz CT molecular complexity index is 849. The molecule has 2 aromatic rings. The van der Waals surface area contributed by atoms with Gasteiger partial charge < -0.3 is 4.74 Å². The largest absolute Gasteiger partial charge is 0.486 e. The molecule has 1 aliphatic heterocycles. The van der Waals surface area contributed by atoms with E-state index in [2.05, 4.69) is 4.98 Å². The van der Waals surface area contributed by atoms with E-state index in [1.165, 1.54) is 6.07 Å². The second kappa shape index (κ2) is 5.17. The van der Waals surface area contributed by atoms with Crippen molar-refractivity contribution in [2.75, 3.05) is 17.5 Å². The molecule has 0 N–H and O–H groups in total. The second-order valence-electron chi connectivity index (χ2n) is 4.74. The SMILES string of the molecule is Cc1nc(C)c(S(=O)(=O)N2CCOc3c2ccc(F)c3F)s1. The molecule has 0 amide bonds. The molecule has 0 aliphatic carbocycles. The first-order valence-electron chi connectivity index (χ1n) is 6.40. The van der Waals surface area contributed by atoms with Crippen LogP contribution in [0, 0.1) is 25.5 Å². The van der Waals surface area contributed by atoms with Crippen LogP contribution in [0.5, 0.6) is 5.75 Å². The molecule has 22 heavy (non-hydrogen) atoms. The number of ether oxygens (including phenoxy) is 1. The van der Waals surface area contributed by atoms with Crippen molar-refractivity contribution in [3.63, 3.8) is 0 Å². The molecule has 2 heterocycles. The first-order valence-corrected chi connectivity index (χ1v) is 8.65. The van der Waals surface area contributed by atoms with Crippen molar-refractivity contribution in [1.82, 2.24) is 4.98 Å². The minimum atomic E-state index is -3.89. The van der Waals surface area contributed by atoms with Gasteiger partial charge in [-0.05, 0) is 26.0 Å². The summed E-state index contributed by atoms with van der Waals surface area (Å²) in [5, 5.41) is 0.620. The van der Waals surface area contributed by atoms with Crippen LogP contribution in [0.3, 0.4) is 0 Å². The Morgan fingerprint density at radius 1 is 1.32 bits per heavy atom. The molecule has 0 radical (unpaired) electrons.